The van der Waals surface area contributed by atoms with Gasteiger partial charge in [-0.3, -0.25) is 4.90 Å². The van der Waals surface area contributed by atoms with Crippen LogP contribution in [0.15, 0.2) is 24.3 Å². The van der Waals surface area contributed by atoms with E-state index in [2.05, 4.69) is 24.1 Å². The highest BCUT2D eigenvalue weighted by Crippen LogP contribution is 2.23. The Morgan fingerprint density at radius 2 is 2.20 bits per heavy atom. The van der Waals surface area contributed by atoms with Gasteiger partial charge in [0, 0.05) is 25.2 Å². The van der Waals surface area contributed by atoms with Crippen LogP contribution < -0.4 is 10.1 Å². The van der Waals surface area contributed by atoms with Crippen LogP contribution >= 0.6 is 11.6 Å². The summed E-state index contributed by atoms with van der Waals surface area (Å²) in [5.41, 5.74) is 0. The highest BCUT2D eigenvalue weighted by Gasteiger charge is 2.19. The molecule has 1 aliphatic heterocycles. The van der Waals surface area contributed by atoms with Gasteiger partial charge in [-0.25, -0.2) is 0 Å². The number of ether oxygens (including phenoxy) is 1. The van der Waals surface area contributed by atoms with E-state index in [1.165, 1.54) is 12.8 Å². The van der Waals surface area contributed by atoms with Crippen molar-refractivity contribution in [2.45, 2.75) is 38.8 Å². The first-order chi connectivity index (χ1) is 9.66. The number of nitrogens with zero attached hydrogens (tertiary/aromatic N) is 1. The molecule has 0 spiro atoms. The molecular formula is C16H25ClN2O. The first kappa shape index (κ1) is 15.6. The third-order valence-electron chi connectivity index (χ3n) is 3.82. The summed E-state index contributed by atoms with van der Waals surface area (Å²) in [6, 6.07) is 8.82. The molecule has 0 aromatic heterocycles. The Kier molecular flexibility index (Phi) is 6.14. The lowest BCUT2D eigenvalue weighted by Crippen LogP contribution is -2.43. The fourth-order valence-electron chi connectivity index (χ4n) is 2.59. The van der Waals surface area contributed by atoms with Gasteiger partial charge in [0.2, 0.25) is 0 Å². The van der Waals surface area contributed by atoms with Gasteiger partial charge in [0.05, 0.1) is 5.02 Å². The molecule has 1 heterocycles. The highest BCUT2D eigenvalue weighted by molar-refractivity contribution is 6.32. The second-order valence-electron chi connectivity index (χ2n) is 5.66. The van der Waals surface area contributed by atoms with Crippen LogP contribution in [0.2, 0.25) is 5.02 Å². The lowest BCUT2D eigenvalue weighted by atomic mass is 10.2. The first-order valence-electron chi connectivity index (χ1n) is 7.51. The topological polar surface area (TPSA) is 24.5 Å². The van der Waals surface area contributed by atoms with Crippen molar-refractivity contribution < 1.29 is 4.74 Å². The van der Waals surface area contributed by atoms with Gasteiger partial charge in [0.25, 0.3) is 0 Å². The van der Waals surface area contributed by atoms with E-state index in [9.17, 15) is 0 Å². The summed E-state index contributed by atoms with van der Waals surface area (Å²) < 4.78 is 5.79. The maximum absolute atomic E-state index is 6.09. The SMILES string of the molecule is CC(C)N(CCOc1ccccc1Cl)CC1CCCN1. The summed E-state index contributed by atoms with van der Waals surface area (Å²) in [5, 5.41) is 4.24. The molecule has 0 aliphatic carbocycles. The Morgan fingerprint density at radius 1 is 1.40 bits per heavy atom. The van der Waals surface area contributed by atoms with Crippen molar-refractivity contribution in [2.24, 2.45) is 0 Å². The van der Waals surface area contributed by atoms with Gasteiger partial charge in [-0.1, -0.05) is 23.7 Å². The van der Waals surface area contributed by atoms with Crippen LogP contribution in [0.5, 0.6) is 5.75 Å². The zero-order chi connectivity index (χ0) is 14.4. The Balaban J connectivity index is 1.78. The maximum Gasteiger partial charge on any atom is 0.137 e. The fourth-order valence-corrected chi connectivity index (χ4v) is 2.78. The highest BCUT2D eigenvalue weighted by atomic mass is 35.5. The average molecular weight is 297 g/mol. The molecule has 1 unspecified atom stereocenters. The number of benzene rings is 1. The number of rotatable bonds is 7. The number of halogens is 1. The minimum atomic E-state index is 0.534. The molecule has 3 nitrogen and oxygen atoms in total. The molecule has 0 radical (unpaired) electrons. The van der Waals surface area contributed by atoms with Gasteiger partial charge in [-0.15, -0.1) is 0 Å². The van der Waals surface area contributed by atoms with E-state index < -0.39 is 0 Å². The third-order valence-corrected chi connectivity index (χ3v) is 4.13. The quantitative estimate of drug-likeness (QED) is 0.836. The van der Waals surface area contributed by atoms with E-state index in [4.69, 9.17) is 16.3 Å². The molecule has 20 heavy (non-hydrogen) atoms. The van der Waals surface area contributed by atoms with Gasteiger partial charge in [-0.05, 0) is 45.4 Å². The van der Waals surface area contributed by atoms with E-state index >= 15 is 0 Å². The summed E-state index contributed by atoms with van der Waals surface area (Å²) in [7, 11) is 0. The Bertz CT molecular complexity index is 405. The molecule has 2 rings (SSSR count). The van der Waals surface area contributed by atoms with Crippen molar-refractivity contribution >= 4 is 11.6 Å². The summed E-state index contributed by atoms with van der Waals surface area (Å²) in [5.74, 6) is 0.775. The molecule has 1 N–H and O–H groups in total. The minimum absolute atomic E-state index is 0.534. The normalized spacial score (nSPS) is 18.9. The average Bonchev–Trinajstić information content (AvgIpc) is 2.92. The van der Waals surface area contributed by atoms with Crippen LogP contribution in [-0.2, 0) is 0 Å². The first-order valence-corrected chi connectivity index (χ1v) is 7.89. The predicted molar refractivity (Wildman–Crippen MR) is 84.7 cm³/mol. The molecule has 1 aromatic rings. The van der Waals surface area contributed by atoms with Crippen LogP contribution in [0.1, 0.15) is 26.7 Å². The number of para-hydroxylation sites is 1. The predicted octanol–water partition coefficient (Wildman–Crippen LogP) is 3.18. The van der Waals surface area contributed by atoms with E-state index in [1.54, 1.807) is 0 Å². The van der Waals surface area contributed by atoms with Crippen LogP contribution in [0.3, 0.4) is 0 Å². The Labute approximate surface area is 127 Å². The van der Waals surface area contributed by atoms with Crippen LogP contribution in [-0.4, -0.2) is 43.2 Å². The molecule has 0 saturated carbocycles. The van der Waals surface area contributed by atoms with Crippen LogP contribution in [0.25, 0.3) is 0 Å². The number of nitrogens with one attached hydrogen (secondary N) is 1. The monoisotopic (exact) mass is 296 g/mol. The standard InChI is InChI=1S/C16H25ClN2O/c1-13(2)19(12-14-6-5-9-18-14)10-11-20-16-8-4-3-7-15(16)17/h3-4,7-8,13-14,18H,5-6,9-12H2,1-2H3. The Hall–Kier alpha value is -0.770. The largest absolute Gasteiger partial charge is 0.491 e. The fraction of sp³-hybridized carbons (Fsp3) is 0.625. The molecule has 1 fully saturated rings. The van der Waals surface area contributed by atoms with Crippen molar-refractivity contribution in [3.63, 3.8) is 0 Å². The Morgan fingerprint density at radius 3 is 2.85 bits per heavy atom. The van der Waals surface area contributed by atoms with Crippen molar-refractivity contribution in [1.82, 2.24) is 10.2 Å². The van der Waals surface area contributed by atoms with E-state index in [-0.39, 0.29) is 0 Å². The van der Waals surface area contributed by atoms with Gasteiger partial charge in [0.1, 0.15) is 12.4 Å². The molecule has 4 heteroatoms. The molecule has 1 aliphatic rings. The second-order valence-corrected chi connectivity index (χ2v) is 6.07. The van der Waals surface area contributed by atoms with E-state index in [0.717, 1.165) is 25.4 Å². The lowest BCUT2D eigenvalue weighted by molar-refractivity contribution is 0.164. The second kappa shape index (κ2) is 7.87. The van der Waals surface area contributed by atoms with Gasteiger partial charge in [0.15, 0.2) is 0 Å². The number of hydrogen-bond acceptors (Lipinski definition) is 3. The summed E-state index contributed by atoms with van der Waals surface area (Å²) in [6.07, 6.45) is 2.58. The zero-order valence-corrected chi connectivity index (χ0v) is 13.2. The molecule has 0 amide bonds. The zero-order valence-electron chi connectivity index (χ0n) is 12.4. The molecular weight excluding hydrogens is 272 g/mol. The lowest BCUT2D eigenvalue weighted by Gasteiger charge is -2.29. The summed E-state index contributed by atoms with van der Waals surface area (Å²) in [4.78, 5) is 2.47. The van der Waals surface area contributed by atoms with Crippen LogP contribution in [0.4, 0.5) is 0 Å². The summed E-state index contributed by atoms with van der Waals surface area (Å²) >= 11 is 6.09. The summed E-state index contributed by atoms with van der Waals surface area (Å²) in [6.45, 7) is 8.35. The molecule has 1 saturated heterocycles. The van der Waals surface area contributed by atoms with E-state index in [1.807, 2.05) is 24.3 Å². The van der Waals surface area contributed by atoms with Crippen molar-refractivity contribution in [2.75, 3.05) is 26.2 Å². The van der Waals surface area contributed by atoms with Crippen molar-refractivity contribution in [3.8, 4) is 5.75 Å². The van der Waals surface area contributed by atoms with Gasteiger partial charge >= 0.3 is 0 Å². The van der Waals surface area contributed by atoms with Crippen molar-refractivity contribution in [1.29, 1.82) is 0 Å². The van der Waals surface area contributed by atoms with Gasteiger partial charge in [-0.2, -0.15) is 0 Å². The molecule has 0 bridgehead atoms. The molecule has 1 atom stereocenters. The number of hydrogen-bond donors (Lipinski definition) is 1. The van der Waals surface area contributed by atoms with Crippen LogP contribution in [0, 0.1) is 0 Å². The smallest absolute Gasteiger partial charge is 0.137 e. The minimum Gasteiger partial charge on any atom is -0.491 e. The van der Waals surface area contributed by atoms with E-state index in [0.29, 0.717) is 23.7 Å². The van der Waals surface area contributed by atoms with Gasteiger partial charge < -0.3 is 10.1 Å². The molecule has 1 aromatic carbocycles. The maximum atomic E-state index is 6.09. The van der Waals surface area contributed by atoms with Crippen molar-refractivity contribution in [3.05, 3.63) is 29.3 Å². The molecule has 112 valence electrons. The third kappa shape index (κ3) is 4.65.